The molecule has 1 aliphatic heterocycles. The van der Waals surface area contributed by atoms with E-state index in [1.54, 1.807) is 0 Å². The average molecular weight is 299 g/mol. The number of halogens is 2. The van der Waals surface area contributed by atoms with Crippen LogP contribution in [0.4, 0.5) is 13.6 Å². The van der Waals surface area contributed by atoms with Crippen LogP contribution in [-0.2, 0) is 11.2 Å². The zero-order chi connectivity index (χ0) is 15.6. The zero-order valence-corrected chi connectivity index (χ0v) is 11.1. The molecule has 0 saturated carbocycles. The maximum atomic E-state index is 13.2. The first-order chi connectivity index (χ1) is 9.86. The highest BCUT2D eigenvalue weighted by molar-refractivity contribution is 5.71. The van der Waals surface area contributed by atoms with Crippen molar-refractivity contribution in [2.75, 3.05) is 6.54 Å². The van der Waals surface area contributed by atoms with Crippen molar-refractivity contribution in [1.82, 2.24) is 4.90 Å². The van der Waals surface area contributed by atoms with Gasteiger partial charge in [0.25, 0.3) is 0 Å². The van der Waals surface area contributed by atoms with Crippen LogP contribution in [0.15, 0.2) is 18.2 Å². The molecule has 0 bridgehead atoms. The Morgan fingerprint density at radius 1 is 1.19 bits per heavy atom. The van der Waals surface area contributed by atoms with E-state index in [4.69, 9.17) is 10.2 Å². The summed E-state index contributed by atoms with van der Waals surface area (Å²) in [6.45, 7) is 0.106. The molecule has 1 aromatic rings. The lowest BCUT2D eigenvalue weighted by molar-refractivity contribution is -0.143. The molecule has 2 N–H and O–H groups in total. The number of benzene rings is 1. The van der Waals surface area contributed by atoms with E-state index in [1.807, 2.05) is 0 Å². The monoisotopic (exact) mass is 299 g/mol. The van der Waals surface area contributed by atoms with E-state index in [2.05, 4.69) is 0 Å². The van der Waals surface area contributed by atoms with Crippen molar-refractivity contribution in [3.8, 4) is 0 Å². The summed E-state index contributed by atoms with van der Waals surface area (Å²) < 4.78 is 26.4. The van der Waals surface area contributed by atoms with Crippen LogP contribution in [-0.4, -0.2) is 39.8 Å². The van der Waals surface area contributed by atoms with Crippen LogP contribution >= 0.6 is 0 Å². The van der Waals surface area contributed by atoms with E-state index in [0.29, 0.717) is 5.56 Å². The number of piperidine rings is 1. The lowest BCUT2D eigenvalue weighted by Crippen LogP contribution is -2.48. The fraction of sp³-hybridized carbons (Fsp3) is 0.429. The van der Waals surface area contributed by atoms with Crippen molar-refractivity contribution in [3.05, 3.63) is 35.4 Å². The van der Waals surface area contributed by atoms with Crippen LogP contribution in [0.3, 0.4) is 0 Å². The molecule has 0 spiro atoms. The second-order valence-electron chi connectivity index (χ2n) is 5.17. The van der Waals surface area contributed by atoms with Gasteiger partial charge in [0, 0.05) is 18.7 Å². The first kappa shape index (κ1) is 15.2. The minimum Gasteiger partial charge on any atom is -0.481 e. The van der Waals surface area contributed by atoms with Gasteiger partial charge in [-0.15, -0.1) is 0 Å². The topological polar surface area (TPSA) is 77.8 Å². The standard InChI is InChI=1S/C14H15F2NO4/c15-10-3-8(4-11(16)7-10)5-12-6-9(13(18)19)1-2-17(12)14(20)21/h3-4,7,9,12H,1-2,5-6H2,(H,18,19)(H,20,21). The van der Waals surface area contributed by atoms with Gasteiger partial charge in [0.05, 0.1) is 5.92 Å². The van der Waals surface area contributed by atoms with E-state index in [-0.39, 0.29) is 25.8 Å². The quantitative estimate of drug-likeness (QED) is 0.898. The van der Waals surface area contributed by atoms with Gasteiger partial charge >= 0.3 is 12.1 Å². The highest BCUT2D eigenvalue weighted by Crippen LogP contribution is 2.26. The lowest BCUT2D eigenvalue weighted by Gasteiger charge is -2.36. The Labute approximate surface area is 119 Å². The normalized spacial score (nSPS) is 22.1. The van der Waals surface area contributed by atoms with Gasteiger partial charge < -0.3 is 15.1 Å². The van der Waals surface area contributed by atoms with Crippen LogP contribution in [0.25, 0.3) is 0 Å². The van der Waals surface area contributed by atoms with E-state index in [1.165, 1.54) is 0 Å². The Morgan fingerprint density at radius 3 is 2.33 bits per heavy atom. The van der Waals surface area contributed by atoms with Gasteiger partial charge in [0.2, 0.25) is 0 Å². The summed E-state index contributed by atoms with van der Waals surface area (Å²) >= 11 is 0. The maximum Gasteiger partial charge on any atom is 0.407 e. The number of carbonyl (C=O) groups is 2. The summed E-state index contributed by atoms with van der Waals surface area (Å²) in [7, 11) is 0. The van der Waals surface area contributed by atoms with Crippen molar-refractivity contribution in [2.45, 2.75) is 25.3 Å². The number of aliphatic carboxylic acids is 1. The Balaban J connectivity index is 2.19. The van der Waals surface area contributed by atoms with Crippen LogP contribution in [0.1, 0.15) is 18.4 Å². The molecule has 1 saturated heterocycles. The molecule has 0 aromatic heterocycles. The molecule has 2 rings (SSSR count). The summed E-state index contributed by atoms with van der Waals surface area (Å²) in [4.78, 5) is 23.4. The minimum absolute atomic E-state index is 0.0881. The predicted molar refractivity (Wildman–Crippen MR) is 68.9 cm³/mol. The van der Waals surface area contributed by atoms with Crippen LogP contribution in [0, 0.1) is 17.6 Å². The molecule has 2 atom stereocenters. The third kappa shape index (κ3) is 3.68. The Morgan fingerprint density at radius 2 is 1.81 bits per heavy atom. The Bertz CT molecular complexity index is 544. The largest absolute Gasteiger partial charge is 0.481 e. The van der Waals surface area contributed by atoms with E-state index >= 15 is 0 Å². The molecule has 1 aromatic carbocycles. The molecule has 0 radical (unpaired) electrons. The highest BCUT2D eigenvalue weighted by Gasteiger charge is 2.34. The van der Waals surface area contributed by atoms with Gasteiger partial charge in [0.1, 0.15) is 11.6 Å². The molecule has 21 heavy (non-hydrogen) atoms. The van der Waals surface area contributed by atoms with Crippen LogP contribution < -0.4 is 0 Å². The van der Waals surface area contributed by atoms with E-state index in [0.717, 1.165) is 23.1 Å². The SMILES string of the molecule is O=C(O)C1CCN(C(=O)O)C(Cc2cc(F)cc(F)c2)C1. The molecule has 1 amide bonds. The van der Waals surface area contributed by atoms with E-state index in [9.17, 15) is 18.4 Å². The Hall–Kier alpha value is -2.18. The molecular weight excluding hydrogens is 284 g/mol. The number of likely N-dealkylation sites (tertiary alicyclic amines) is 1. The molecule has 1 fully saturated rings. The van der Waals surface area contributed by atoms with Crippen molar-refractivity contribution in [1.29, 1.82) is 0 Å². The van der Waals surface area contributed by atoms with Crippen LogP contribution in [0.2, 0.25) is 0 Å². The second-order valence-corrected chi connectivity index (χ2v) is 5.17. The summed E-state index contributed by atoms with van der Waals surface area (Å²) in [5.74, 6) is -3.09. The maximum absolute atomic E-state index is 13.2. The molecular formula is C14H15F2NO4. The number of nitrogens with zero attached hydrogens (tertiary/aromatic N) is 1. The second kappa shape index (κ2) is 6.07. The third-order valence-electron chi connectivity index (χ3n) is 3.70. The van der Waals surface area contributed by atoms with Gasteiger partial charge in [-0.25, -0.2) is 13.6 Å². The molecule has 0 aliphatic carbocycles. The zero-order valence-electron chi connectivity index (χ0n) is 11.1. The number of carboxylic acids is 1. The molecule has 1 heterocycles. The number of rotatable bonds is 3. The first-order valence-corrected chi connectivity index (χ1v) is 6.54. The summed E-state index contributed by atoms with van der Waals surface area (Å²) in [5.41, 5.74) is 0.315. The van der Waals surface area contributed by atoms with Gasteiger partial charge in [-0.05, 0) is 37.0 Å². The minimum atomic E-state index is -1.15. The van der Waals surface area contributed by atoms with Gasteiger partial charge in [-0.3, -0.25) is 4.79 Å². The molecule has 2 unspecified atom stereocenters. The Kier molecular flexibility index (Phi) is 4.40. The first-order valence-electron chi connectivity index (χ1n) is 6.54. The number of hydrogen-bond acceptors (Lipinski definition) is 2. The molecule has 5 nitrogen and oxygen atoms in total. The summed E-state index contributed by atoms with van der Waals surface area (Å²) in [6, 6.07) is 2.40. The summed E-state index contributed by atoms with van der Waals surface area (Å²) in [5, 5.41) is 18.2. The number of amides is 1. The summed E-state index contributed by atoms with van der Waals surface area (Å²) in [6.07, 6.45) is -0.680. The highest BCUT2D eigenvalue weighted by atomic mass is 19.1. The molecule has 114 valence electrons. The molecule has 1 aliphatic rings. The van der Waals surface area contributed by atoms with E-state index < -0.39 is 35.7 Å². The fourth-order valence-electron chi connectivity index (χ4n) is 2.72. The van der Waals surface area contributed by atoms with Crippen LogP contribution in [0.5, 0.6) is 0 Å². The third-order valence-corrected chi connectivity index (χ3v) is 3.70. The van der Waals surface area contributed by atoms with Gasteiger partial charge in [-0.1, -0.05) is 0 Å². The molecule has 7 heteroatoms. The predicted octanol–water partition coefficient (Wildman–Crippen LogP) is 2.35. The average Bonchev–Trinajstić information content (AvgIpc) is 2.36. The number of hydrogen-bond donors (Lipinski definition) is 2. The van der Waals surface area contributed by atoms with Crippen molar-refractivity contribution >= 4 is 12.1 Å². The van der Waals surface area contributed by atoms with Gasteiger partial charge in [0.15, 0.2) is 0 Å². The van der Waals surface area contributed by atoms with Crippen molar-refractivity contribution in [2.24, 2.45) is 5.92 Å². The fourth-order valence-corrected chi connectivity index (χ4v) is 2.72. The van der Waals surface area contributed by atoms with Crippen molar-refractivity contribution < 1.29 is 28.6 Å². The van der Waals surface area contributed by atoms with Gasteiger partial charge in [-0.2, -0.15) is 0 Å². The van der Waals surface area contributed by atoms with Crippen molar-refractivity contribution in [3.63, 3.8) is 0 Å². The smallest absolute Gasteiger partial charge is 0.407 e. The number of carboxylic acid groups (broad SMARTS) is 2. The lowest BCUT2D eigenvalue weighted by atomic mass is 9.88.